The number of hydrogen-bond acceptors (Lipinski definition) is 6. The summed E-state index contributed by atoms with van der Waals surface area (Å²) in [6.07, 6.45) is 15.9. The Morgan fingerprint density at radius 1 is 0.946 bits per heavy atom. The molecule has 0 N–H and O–H groups in total. The third-order valence-corrected chi connectivity index (χ3v) is 13.7. The number of sulfonamides is 1. The van der Waals surface area contributed by atoms with Gasteiger partial charge in [-0.1, -0.05) is 57.5 Å². The lowest BCUT2D eigenvalue weighted by atomic mass is 9.69. The van der Waals surface area contributed by atoms with Crippen LogP contribution in [0, 0.1) is 22.7 Å². The van der Waals surface area contributed by atoms with E-state index in [1.165, 1.54) is 12.8 Å². The molecule has 0 radical (unpaired) electrons. The maximum atomic E-state index is 14.5. The van der Waals surface area contributed by atoms with Crippen molar-refractivity contribution in [3.8, 4) is 0 Å². The summed E-state index contributed by atoms with van der Waals surface area (Å²) in [6, 6.07) is 0.260. The van der Waals surface area contributed by atoms with Gasteiger partial charge in [-0.3, -0.25) is 0 Å². The Labute approximate surface area is 223 Å². The van der Waals surface area contributed by atoms with Crippen molar-refractivity contribution >= 4 is 21.7 Å². The summed E-state index contributed by atoms with van der Waals surface area (Å²) in [4.78, 5) is 18.9. The van der Waals surface area contributed by atoms with Crippen molar-refractivity contribution in [2.24, 2.45) is 27.8 Å². The van der Waals surface area contributed by atoms with E-state index in [9.17, 15) is 13.2 Å². The third-order valence-electron chi connectivity index (χ3n) is 11.5. The molecule has 7 nitrogen and oxygen atoms in total. The van der Waals surface area contributed by atoms with Crippen molar-refractivity contribution in [2.75, 3.05) is 5.75 Å². The Bertz CT molecular complexity index is 995. The highest BCUT2D eigenvalue weighted by atomic mass is 32.2. The number of fused-ring (bicyclic) bond motifs is 3. The molecule has 0 saturated heterocycles. The number of nitrogens with zero attached hydrogens (tertiary/aromatic N) is 2. The van der Waals surface area contributed by atoms with E-state index in [0.29, 0.717) is 11.6 Å². The molecule has 6 rings (SSSR count). The van der Waals surface area contributed by atoms with Crippen molar-refractivity contribution in [1.82, 2.24) is 4.31 Å². The minimum atomic E-state index is -3.53. The molecule has 8 heteroatoms. The topological polar surface area (TPSA) is 85.3 Å². The van der Waals surface area contributed by atoms with Crippen LogP contribution in [-0.4, -0.2) is 54.4 Å². The first-order valence-corrected chi connectivity index (χ1v) is 16.8. The SMILES string of the molecule is CC1(C)[C@@H]2CC[C@@]1(CS(=O)(=O)N(C1CCCCC1)C1CCCCC1)[C@H](OC(=O)C1=NO[C@@H]3CCC[C@H]13)C2. The van der Waals surface area contributed by atoms with Crippen LogP contribution in [0.15, 0.2) is 5.16 Å². The van der Waals surface area contributed by atoms with Gasteiger partial charge in [-0.2, -0.15) is 4.31 Å². The van der Waals surface area contributed by atoms with Gasteiger partial charge in [-0.15, -0.1) is 0 Å². The monoisotopic (exact) mass is 534 g/mol. The number of oxime groups is 1. The number of carbonyl (C=O) groups excluding carboxylic acids is 1. The van der Waals surface area contributed by atoms with Crippen LogP contribution in [0.25, 0.3) is 0 Å². The van der Waals surface area contributed by atoms with Crippen LogP contribution in [0.4, 0.5) is 0 Å². The van der Waals surface area contributed by atoms with Gasteiger partial charge >= 0.3 is 5.97 Å². The lowest BCUT2D eigenvalue weighted by Gasteiger charge is -2.46. The van der Waals surface area contributed by atoms with Gasteiger partial charge in [0.05, 0.1) is 11.7 Å². The number of rotatable bonds is 7. The molecule has 2 bridgehead atoms. The second-order valence-electron chi connectivity index (χ2n) is 13.6. The fraction of sp³-hybridized carbons (Fsp3) is 0.931. The van der Waals surface area contributed by atoms with Crippen molar-refractivity contribution in [3.63, 3.8) is 0 Å². The molecule has 0 aromatic rings. The molecule has 0 unspecified atom stereocenters. The Balaban J connectivity index is 1.27. The first kappa shape index (κ1) is 26.1. The van der Waals surface area contributed by atoms with Crippen molar-refractivity contribution in [3.05, 3.63) is 0 Å². The molecule has 0 spiro atoms. The minimum absolute atomic E-state index is 0.00732. The normalized spacial score (nSPS) is 38.0. The fourth-order valence-electron chi connectivity index (χ4n) is 9.26. The maximum absolute atomic E-state index is 14.5. The molecule has 0 aromatic heterocycles. The zero-order valence-electron chi connectivity index (χ0n) is 22.8. The van der Waals surface area contributed by atoms with Crippen LogP contribution in [0.1, 0.15) is 117 Å². The van der Waals surface area contributed by atoms with Crippen molar-refractivity contribution in [2.45, 2.75) is 141 Å². The molecule has 5 fully saturated rings. The van der Waals surface area contributed by atoms with Crippen molar-refractivity contribution < 1.29 is 22.8 Å². The molecule has 0 aromatic carbocycles. The number of esters is 1. The summed E-state index contributed by atoms with van der Waals surface area (Å²) in [7, 11) is -3.53. The lowest BCUT2D eigenvalue weighted by molar-refractivity contribution is -0.148. The molecule has 5 atom stereocenters. The average molecular weight is 535 g/mol. The van der Waals surface area contributed by atoms with Crippen LogP contribution in [0.5, 0.6) is 0 Å². The van der Waals surface area contributed by atoms with E-state index in [4.69, 9.17) is 9.57 Å². The van der Waals surface area contributed by atoms with Gasteiger partial charge in [0.25, 0.3) is 0 Å². The third kappa shape index (κ3) is 4.36. The van der Waals surface area contributed by atoms with Gasteiger partial charge in [-0.25, -0.2) is 13.2 Å². The highest BCUT2D eigenvalue weighted by Gasteiger charge is 2.67. The molecular weight excluding hydrogens is 488 g/mol. The van der Waals surface area contributed by atoms with Gasteiger partial charge in [0.15, 0.2) is 5.71 Å². The fourth-order valence-corrected chi connectivity index (χ4v) is 12.1. The summed E-state index contributed by atoms with van der Waals surface area (Å²) in [5.74, 6) is 0.130. The maximum Gasteiger partial charge on any atom is 0.356 e. The molecular formula is C29H46N2O5S. The van der Waals surface area contributed by atoms with Gasteiger partial charge in [0.1, 0.15) is 12.2 Å². The number of hydrogen-bond donors (Lipinski definition) is 0. The Hall–Kier alpha value is -1.15. The summed E-state index contributed by atoms with van der Waals surface area (Å²) in [5.41, 5.74) is -0.324. The van der Waals surface area contributed by atoms with Gasteiger partial charge < -0.3 is 9.57 Å². The minimum Gasteiger partial charge on any atom is -0.457 e. The predicted octanol–water partition coefficient (Wildman–Crippen LogP) is 5.58. The molecule has 208 valence electrons. The Morgan fingerprint density at radius 3 is 2.22 bits per heavy atom. The number of carbonyl (C=O) groups is 1. The predicted molar refractivity (Wildman–Crippen MR) is 142 cm³/mol. The largest absolute Gasteiger partial charge is 0.457 e. The summed E-state index contributed by atoms with van der Waals surface area (Å²) < 4.78 is 37.3. The van der Waals surface area contributed by atoms with E-state index in [1.807, 2.05) is 4.31 Å². The zero-order chi connectivity index (χ0) is 25.8. The quantitative estimate of drug-likeness (QED) is 0.398. The van der Waals surface area contributed by atoms with Crippen LogP contribution >= 0.6 is 0 Å². The van der Waals surface area contributed by atoms with E-state index < -0.39 is 15.4 Å². The highest BCUT2D eigenvalue weighted by molar-refractivity contribution is 7.89. The van der Waals surface area contributed by atoms with E-state index in [0.717, 1.165) is 89.9 Å². The highest BCUT2D eigenvalue weighted by Crippen LogP contribution is 2.67. The smallest absolute Gasteiger partial charge is 0.356 e. The van der Waals surface area contributed by atoms with E-state index in [2.05, 4.69) is 19.0 Å². The van der Waals surface area contributed by atoms with Crippen LogP contribution in [-0.2, 0) is 24.4 Å². The molecule has 5 saturated carbocycles. The lowest BCUT2D eigenvalue weighted by Crippen LogP contribution is -2.55. The van der Waals surface area contributed by atoms with Gasteiger partial charge in [0, 0.05) is 17.5 Å². The van der Waals surface area contributed by atoms with Crippen LogP contribution in [0.2, 0.25) is 0 Å². The van der Waals surface area contributed by atoms with Gasteiger partial charge in [0.2, 0.25) is 10.0 Å². The molecule has 1 heterocycles. The summed E-state index contributed by atoms with van der Waals surface area (Å²) >= 11 is 0. The molecule has 6 aliphatic rings. The summed E-state index contributed by atoms with van der Waals surface area (Å²) in [5, 5.41) is 4.12. The van der Waals surface area contributed by atoms with E-state index in [-0.39, 0.29) is 47.3 Å². The first-order valence-electron chi connectivity index (χ1n) is 15.2. The van der Waals surface area contributed by atoms with E-state index >= 15 is 0 Å². The van der Waals surface area contributed by atoms with Gasteiger partial charge in [-0.05, 0) is 75.5 Å². The molecule has 5 aliphatic carbocycles. The second-order valence-corrected chi connectivity index (χ2v) is 15.4. The molecule has 37 heavy (non-hydrogen) atoms. The zero-order valence-corrected chi connectivity index (χ0v) is 23.6. The summed E-state index contributed by atoms with van der Waals surface area (Å²) in [6.45, 7) is 4.45. The molecule has 1 aliphatic heterocycles. The average Bonchev–Trinajstić information content (AvgIpc) is 3.59. The van der Waals surface area contributed by atoms with E-state index in [1.54, 1.807) is 0 Å². The standard InChI is InChI=1S/C29H46N2O5S/c1-28(2)20-16-17-29(28,25(18-20)35-27(32)26-23-14-9-15-24(23)36-30-26)19-37(33,34)31(21-10-5-3-6-11-21)22-12-7-4-8-13-22/h20-25H,3-19H2,1-2H3/t20-,23+,24-,25-,29-/m1/s1. The molecule has 0 amide bonds. The first-order chi connectivity index (χ1) is 17.7. The number of ether oxygens (including phenoxy) is 1. The van der Waals surface area contributed by atoms with Crippen molar-refractivity contribution in [1.29, 1.82) is 0 Å². The van der Waals surface area contributed by atoms with Crippen LogP contribution in [0.3, 0.4) is 0 Å². The Kier molecular flexibility index (Phi) is 6.91. The van der Waals surface area contributed by atoms with Crippen LogP contribution < -0.4 is 0 Å². The second kappa shape index (κ2) is 9.79. The Morgan fingerprint density at radius 2 is 1.59 bits per heavy atom.